The summed E-state index contributed by atoms with van der Waals surface area (Å²) in [6.45, 7) is 3.85. The molecule has 0 saturated carbocycles. The van der Waals surface area contributed by atoms with E-state index in [1.165, 1.54) is 4.90 Å². The highest BCUT2D eigenvalue weighted by molar-refractivity contribution is 7.80. The molecule has 1 heterocycles. The highest BCUT2D eigenvalue weighted by Crippen LogP contribution is 2.30. The van der Waals surface area contributed by atoms with E-state index < -0.39 is 5.41 Å². The second kappa shape index (κ2) is 5.91. The van der Waals surface area contributed by atoms with E-state index in [2.05, 4.69) is 4.98 Å². The van der Waals surface area contributed by atoms with Crippen LogP contribution in [0, 0.1) is 5.41 Å². The molecular weight excluding hydrogens is 246 g/mol. The Hall–Kier alpha value is -1.49. The van der Waals surface area contributed by atoms with E-state index >= 15 is 0 Å². The third kappa shape index (κ3) is 2.51. The Bertz CT molecular complexity index is 429. The topological polar surface area (TPSA) is 59.2 Å². The Kier molecular flexibility index (Phi) is 4.78. The van der Waals surface area contributed by atoms with Crippen molar-refractivity contribution in [3.63, 3.8) is 0 Å². The van der Waals surface area contributed by atoms with Crippen LogP contribution in [0.4, 0.5) is 5.82 Å². The predicted octanol–water partition coefficient (Wildman–Crippen LogP) is 2.14. The summed E-state index contributed by atoms with van der Waals surface area (Å²) in [5, 5.41) is 0. The van der Waals surface area contributed by atoms with Gasteiger partial charge in [-0.3, -0.25) is 9.69 Å². The summed E-state index contributed by atoms with van der Waals surface area (Å²) in [5.41, 5.74) is 5.00. The van der Waals surface area contributed by atoms with Crippen LogP contribution < -0.4 is 10.6 Å². The van der Waals surface area contributed by atoms with Crippen molar-refractivity contribution in [2.45, 2.75) is 26.7 Å². The number of nitrogens with two attached hydrogens (primary N) is 1. The third-order valence-corrected chi connectivity index (χ3v) is 3.78. The second-order valence-electron chi connectivity index (χ2n) is 4.21. The van der Waals surface area contributed by atoms with Crippen molar-refractivity contribution in [2.75, 3.05) is 11.9 Å². The summed E-state index contributed by atoms with van der Waals surface area (Å²) in [7, 11) is 1.70. The number of thiocarbonyl (C=S) groups is 1. The van der Waals surface area contributed by atoms with Gasteiger partial charge >= 0.3 is 0 Å². The van der Waals surface area contributed by atoms with Gasteiger partial charge in [0.1, 0.15) is 5.82 Å². The maximum Gasteiger partial charge on any atom is 0.240 e. The van der Waals surface area contributed by atoms with Gasteiger partial charge in [-0.1, -0.05) is 32.1 Å². The lowest BCUT2D eigenvalue weighted by Gasteiger charge is -2.32. The van der Waals surface area contributed by atoms with Crippen LogP contribution >= 0.6 is 12.2 Å². The first-order valence-corrected chi connectivity index (χ1v) is 6.39. The molecular formula is C13H19N3OS. The Balaban J connectivity index is 3.09. The second-order valence-corrected chi connectivity index (χ2v) is 4.65. The molecule has 1 amide bonds. The molecule has 0 aromatic carbocycles. The fraction of sp³-hybridized carbons (Fsp3) is 0.462. The molecule has 0 aliphatic carbocycles. The minimum atomic E-state index is -0.776. The average molecular weight is 265 g/mol. The lowest BCUT2D eigenvalue weighted by molar-refractivity contribution is -0.124. The number of pyridine rings is 1. The molecule has 98 valence electrons. The van der Waals surface area contributed by atoms with Gasteiger partial charge < -0.3 is 5.73 Å². The summed E-state index contributed by atoms with van der Waals surface area (Å²) >= 11 is 5.08. The van der Waals surface area contributed by atoms with Crippen molar-refractivity contribution in [3.05, 3.63) is 24.4 Å². The highest BCUT2D eigenvalue weighted by Gasteiger charge is 2.40. The zero-order valence-corrected chi connectivity index (χ0v) is 11.8. The van der Waals surface area contributed by atoms with Gasteiger partial charge in [0.15, 0.2) is 0 Å². The standard InChI is InChI=1S/C13H19N3OS/c1-4-13(5-2,11(14)18)12(17)16(3)10-8-6-7-9-15-10/h6-9H,4-5H2,1-3H3,(H2,14,18). The zero-order valence-electron chi connectivity index (χ0n) is 11.0. The van der Waals surface area contributed by atoms with Crippen LogP contribution in [-0.4, -0.2) is 22.9 Å². The van der Waals surface area contributed by atoms with Crippen LogP contribution in [0.15, 0.2) is 24.4 Å². The molecule has 5 heteroatoms. The number of carbonyl (C=O) groups is 1. The number of aromatic nitrogens is 1. The fourth-order valence-corrected chi connectivity index (χ4v) is 2.36. The molecule has 0 bridgehead atoms. The van der Waals surface area contributed by atoms with Crippen LogP contribution in [0.1, 0.15) is 26.7 Å². The van der Waals surface area contributed by atoms with Crippen molar-refractivity contribution in [1.29, 1.82) is 0 Å². The monoisotopic (exact) mass is 265 g/mol. The molecule has 0 fully saturated rings. The molecule has 0 spiro atoms. The molecule has 1 aromatic heterocycles. The summed E-state index contributed by atoms with van der Waals surface area (Å²) in [6, 6.07) is 5.43. The quantitative estimate of drug-likeness (QED) is 0.829. The van der Waals surface area contributed by atoms with Gasteiger partial charge in [0, 0.05) is 13.2 Å². The predicted molar refractivity (Wildman–Crippen MR) is 77.4 cm³/mol. The van der Waals surface area contributed by atoms with Gasteiger partial charge in [-0.2, -0.15) is 0 Å². The molecule has 0 unspecified atom stereocenters. The van der Waals surface area contributed by atoms with Crippen molar-refractivity contribution in [3.8, 4) is 0 Å². The van der Waals surface area contributed by atoms with Crippen LogP contribution in [0.2, 0.25) is 0 Å². The van der Waals surface area contributed by atoms with Crippen molar-refractivity contribution in [1.82, 2.24) is 4.98 Å². The van der Waals surface area contributed by atoms with Crippen LogP contribution in [-0.2, 0) is 4.79 Å². The van der Waals surface area contributed by atoms with Crippen LogP contribution in [0.5, 0.6) is 0 Å². The minimum Gasteiger partial charge on any atom is -0.392 e. The zero-order chi connectivity index (χ0) is 13.8. The fourth-order valence-electron chi connectivity index (χ4n) is 1.98. The van der Waals surface area contributed by atoms with Gasteiger partial charge in [0.05, 0.1) is 10.4 Å². The Morgan fingerprint density at radius 3 is 2.44 bits per heavy atom. The number of rotatable bonds is 5. The number of hydrogen-bond acceptors (Lipinski definition) is 3. The Labute approximate surface area is 113 Å². The van der Waals surface area contributed by atoms with E-state index in [0.29, 0.717) is 18.7 Å². The first kappa shape index (κ1) is 14.6. The Morgan fingerprint density at radius 1 is 1.44 bits per heavy atom. The van der Waals surface area contributed by atoms with E-state index in [1.807, 2.05) is 26.0 Å². The number of hydrogen-bond donors (Lipinski definition) is 1. The van der Waals surface area contributed by atoms with Gasteiger partial charge in [0.25, 0.3) is 0 Å². The summed E-state index contributed by atoms with van der Waals surface area (Å²) < 4.78 is 0. The van der Waals surface area contributed by atoms with Gasteiger partial charge in [0.2, 0.25) is 5.91 Å². The molecule has 0 aliphatic rings. The smallest absolute Gasteiger partial charge is 0.240 e. The van der Waals surface area contributed by atoms with E-state index in [4.69, 9.17) is 18.0 Å². The number of nitrogens with zero attached hydrogens (tertiary/aromatic N) is 2. The first-order chi connectivity index (χ1) is 8.49. The molecule has 18 heavy (non-hydrogen) atoms. The maximum absolute atomic E-state index is 12.6. The normalized spacial score (nSPS) is 11.1. The molecule has 0 aliphatic heterocycles. The van der Waals surface area contributed by atoms with Crippen molar-refractivity contribution in [2.24, 2.45) is 11.1 Å². The van der Waals surface area contributed by atoms with Gasteiger partial charge in [-0.25, -0.2) is 4.98 Å². The van der Waals surface area contributed by atoms with Crippen molar-refractivity contribution < 1.29 is 4.79 Å². The molecule has 1 rings (SSSR count). The van der Waals surface area contributed by atoms with Crippen LogP contribution in [0.3, 0.4) is 0 Å². The van der Waals surface area contributed by atoms with Gasteiger partial charge in [-0.15, -0.1) is 0 Å². The van der Waals surface area contributed by atoms with E-state index in [0.717, 1.165) is 0 Å². The van der Waals surface area contributed by atoms with Crippen molar-refractivity contribution >= 4 is 28.9 Å². The maximum atomic E-state index is 12.6. The lowest BCUT2D eigenvalue weighted by Crippen LogP contribution is -2.49. The molecule has 4 nitrogen and oxygen atoms in total. The Morgan fingerprint density at radius 2 is 2.06 bits per heavy atom. The van der Waals surface area contributed by atoms with E-state index in [-0.39, 0.29) is 10.9 Å². The summed E-state index contributed by atoms with van der Waals surface area (Å²) in [6.07, 6.45) is 2.84. The molecule has 2 N–H and O–H groups in total. The van der Waals surface area contributed by atoms with Crippen LogP contribution in [0.25, 0.3) is 0 Å². The number of amides is 1. The minimum absolute atomic E-state index is 0.0984. The van der Waals surface area contributed by atoms with E-state index in [1.54, 1.807) is 19.3 Å². The molecule has 0 saturated heterocycles. The lowest BCUT2D eigenvalue weighted by atomic mass is 9.81. The third-order valence-electron chi connectivity index (χ3n) is 3.39. The summed E-state index contributed by atoms with van der Waals surface area (Å²) in [4.78, 5) is 18.5. The number of carbonyl (C=O) groups excluding carboxylic acids is 1. The highest BCUT2D eigenvalue weighted by atomic mass is 32.1. The largest absolute Gasteiger partial charge is 0.392 e. The SMILES string of the molecule is CCC(CC)(C(=O)N(C)c1ccccn1)C(N)=S. The summed E-state index contributed by atoms with van der Waals surface area (Å²) in [5.74, 6) is 0.503. The first-order valence-electron chi connectivity index (χ1n) is 5.98. The average Bonchev–Trinajstić information content (AvgIpc) is 2.40. The molecule has 0 atom stereocenters. The molecule has 0 radical (unpaired) electrons. The van der Waals surface area contributed by atoms with Gasteiger partial charge in [-0.05, 0) is 25.0 Å². The number of anilines is 1. The van der Waals surface area contributed by atoms with E-state index in [9.17, 15) is 4.79 Å². The molecule has 1 aromatic rings.